The van der Waals surface area contributed by atoms with Gasteiger partial charge in [-0.15, -0.1) is 0 Å². The predicted octanol–water partition coefficient (Wildman–Crippen LogP) is 3.79. The Kier molecular flexibility index (Phi) is 17.7. The SMILES string of the molecule is CCCCCCCCCCCC.O=S(=O)(O)CCO. The van der Waals surface area contributed by atoms with Gasteiger partial charge in [0.1, 0.15) is 0 Å². The van der Waals surface area contributed by atoms with Crippen LogP contribution in [0.3, 0.4) is 0 Å². The lowest BCUT2D eigenvalue weighted by atomic mass is 10.1. The molecule has 2 N–H and O–H groups in total. The van der Waals surface area contributed by atoms with Crippen LogP contribution in [0.25, 0.3) is 0 Å². The fraction of sp³-hybridized carbons (Fsp3) is 1.00. The van der Waals surface area contributed by atoms with Gasteiger partial charge in [0, 0.05) is 0 Å². The van der Waals surface area contributed by atoms with Crippen molar-refractivity contribution < 1.29 is 18.1 Å². The maximum atomic E-state index is 9.63. The number of rotatable bonds is 11. The summed E-state index contributed by atoms with van der Waals surface area (Å²) in [7, 11) is -3.92. The van der Waals surface area contributed by atoms with E-state index in [1.165, 1.54) is 64.2 Å². The monoisotopic (exact) mass is 296 g/mol. The second kappa shape index (κ2) is 15.9. The molecule has 0 spiro atoms. The van der Waals surface area contributed by atoms with Gasteiger partial charge in [-0.05, 0) is 0 Å². The van der Waals surface area contributed by atoms with E-state index in [9.17, 15) is 8.42 Å². The lowest BCUT2D eigenvalue weighted by Gasteiger charge is -1.99. The summed E-state index contributed by atoms with van der Waals surface area (Å²) < 4.78 is 27.1. The number of hydrogen-bond donors (Lipinski definition) is 2. The molecule has 0 rings (SSSR count). The third-order valence-electron chi connectivity index (χ3n) is 2.81. The van der Waals surface area contributed by atoms with Gasteiger partial charge in [0.2, 0.25) is 0 Å². The van der Waals surface area contributed by atoms with E-state index >= 15 is 0 Å². The Hall–Kier alpha value is -0.130. The van der Waals surface area contributed by atoms with Gasteiger partial charge in [-0.3, -0.25) is 4.55 Å². The van der Waals surface area contributed by atoms with Crippen LogP contribution in [-0.2, 0) is 10.1 Å². The van der Waals surface area contributed by atoms with Crippen molar-refractivity contribution in [1.82, 2.24) is 0 Å². The number of aliphatic hydroxyl groups excluding tert-OH is 1. The zero-order valence-corrected chi connectivity index (χ0v) is 13.4. The summed E-state index contributed by atoms with van der Waals surface area (Å²) in [6, 6.07) is 0. The Morgan fingerprint density at radius 2 is 1.05 bits per heavy atom. The molecule has 0 unspecified atom stereocenters. The van der Waals surface area contributed by atoms with Crippen LogP contribution in [0, 0.1) is 0 Å². The van der Waals surface area contributed by atoms with Crippen LogP contribution in [0.15, 0.2) is 0 Å². The second-order valence-electron chi connectivity index (χ2n) is 4.84. The Bertz CT molecular complexity index is 240. The largest absolute Gasteiger partial charge is 0.395 e. The molecule has 0 heterocycles. The number of aliphatic hydroxyl groups is 1. The highest BCUT2D eigenvalue weighted by atomic mass is 32.2. The molecule has 0 aliphatic rings. The summed E-state index contributed by atoms with van der Waals surface area (Å²) in [5.74, 6) is -0.576. The lowest BCUT2D eigenvalue weighted by molar-refractivity contribution is 0.315. The van der Waals surface area contributed by atoms with E-state index in [1.807, 2.05) is 0 Å². The minimum Gasteiger partial charge on any atom is -0.395 e. The summed E-state index contributed by atoms with van der Waals surface area (Å²) in [5, 5.41) is 7.86. The molecule has 0 aromatic heterocycles. The summed E-state index contributed by atoms with van der Waals surface area (Å²) in [5.41, 5.74) is 0. The average molecular weight is 296 g/mol. The molecule has 0 amide bonds. The molecule has 5 heteroatoms. The number of unbranched alkanes of at least 4 members (excludes halogenated alkanes) is 9. The second-order valence-corrected chi connectivity index (χ2v) is 6.41. The average Bonchev–Trinajstić information content (AvgIpc) is 2.32. The normalized spacial score (nSPS) is 10.9. The first-order valence-corrected chi connectivity index (χ1v) is 9.14. The first-order chi connectivity index (χ1) is 8.97. The molecule has 0 aliphatic heterocycles. The molecular weight excluding hydrogens is 264 g/mol. The molecule has 0 aromatic carbocycles. The maximum Gasteiger partial charge on any atom is 0.267 e. The maximum absolute atomic E-state index is 9.63. The van der Waals surface area contributed by atoms with Gasteiger partial charge in [0.05, 0.1) is 12.4 Å². The first kappa shape index (κ1) is 21.2. The van der Waals surface area contributed by atoms with Gasteiger partial charge < -0.3 is 5.11 Å². The van der Waals surface area contributed by atoms with Crippen molar-refractivity contribution in [3.63, 3.8) is 0 Å². The van der Waals surface area contributed by atoms with E-state index in [0.717, 1.165) is 0 Å². The summed E-state index contributed by atoms with van der Waals surface area (Å²) in [4.78, 5) is 0. The van der Waals surface area contributed by atoms with Crippen LogP contribution in [0.1, 0.15) is 78.1 Å². The van der Waals surface area contributed by atoms with Crippen molar-refractivity contribution in [3.8, 4) is 0 Å². The fourth-order valence-corrected chi connectivity index (χ4v) is 1.91. The molecule has 19 heavy (non-hydrogen) atoms. The summed E-state index contributed by atoms with van der Waals surface area (Å²) in [6.45, 7) is 4.03. The van der Waals surface area contributed by atoms with Crippen LogP contribution >= 0.6 is 0 Å². The molecule has 0 saturated heterocycles. The topological polar surface area (TPSA) is 74.6 Å². The smallest absolute Gasteiger partial charge is 0.267 e. The molecule has 4 nitrogen and oxygen atoms in total. The predicted molar refractivity (Wildman–Crippen MR) is 81.0 cm³/mol. The molecule has 0 atom stereocenters. The van der Waals surface area contributed by atoms with Gasteiger partial charge in [-0.2, -0.15) is 8.42 Å². The van der Waals surface area contributed by atoms with Gasteiger partial charge in [0.15, 0.2) is 0 Å². The first-order valence-electron chi connectivity index (χ1n) is 7.54. The van der Waals surface area contributed by atoms with Gasteiger partial charge >= 0.3 is 0 Å². The summed E-state index contributed by atoms with van der Waals surface area (Å²) in [6.07, 6.45) is 14.4. The van der Waals surface area contributed by atoms with Crippen LogP contribution in [0.5, 0.6) is 0 Å². The van der Waals surface area contributed by atoms with E-state index in [1.54, 1.807) is 0 Å². The lowest BCUT2D eigenvalue weighted by Crippen LogP contribution is -2.06. The fourth-order valence-electron chi connectivity index (χ4n) is 1.68. The highest BCUT2D eigenvalue weighted by Gasteiger charge is 1.99. The van der Waals surface area contributed by atoms with Crippen LogP contribution in [-0.4, -0.2) is 30.4 Å². The van der Waals surface area contributed by atoms with E-state index in [4.69, 9.17) is 9.66 Å². The highest BCUT2D eigenvalue weighted by molar-refractivity contribution is 7.85. The van der Waals surface area contributed by atoms with Crippen molar-refractivity contribution >= 4 is 10.1 Å². The minimum absolute atomic E-state index is 0.529. The Balaban J connectivity index is 0. The molecule has 118 valence electrons. The Labute approximate surface area is 119 Å². The Morgan fingerprint density at radius 1 is 0.737 bits per heavy atom. The zero-order valence-electron chi connectivity index (χ0n) is 12.6. The molecule has 0 fully saturated rings. The van der Waals surface area contributed by atoms with Gasteiger partial charge in [-0.1, -0.05) is 78.1 Å². The minimum atomic E-state index is -3.92. The zero-order chi connectivity index (χ0) is 15.0. The molecule has 0 bridgehead atoms. The van der Waals surface area contributed by atoms with E-state index < -0.39 is 22.5 Å². The molecule has 0 radical (unpaired) electrons. The van der Waals surface area contributed by atoms with Crippen LogP contribution < -0.4 is 0 Å². The third kappa shape index (κ3) is 27.2. The van der Waals surface area contributed by atoms with Crippen LogP contribution in [0.2, 0.25) is 0 Å². The van der Waals surface area contributed by atoms with Crippen molar-refractivity contribution in [1.29, 1.82) is 0 Å². The van der Waals surface area contributed by atoms with E-state index in [0.29, 0.717) is 0 Å². The van der Waals surface area contributed by atoms with Gasteiger partial charge in [0.25, 0.3) is 10.1 Å². The van der Waals surface area contributed by atoms with Crippen molar-refractivity contribution in [3.05, 3.63) is 0 Å². The van der Waals surface area contributed by atoms with Gasteiger partial charge in [-0.25, -0.2) is 0 Å². The standard InChI is InChI=1S/C12H26.C2H6O4S/c1-3-5-7-9-11-12-10-8-6-4-2;3-1-2-7(4,5)6/h3-12H2,1-2H3;3H,1-2H2,(H,4,5,6). The molecule has 0 saturated carbocycles. The van der Waals surface area contributed by atoms with Crippen molar-refractivity contribution in [2.75, 3.05) is 12.4 Å². The molecule has 0 aromatic rings. The van der Waals surface area contributed by atoms with Crippen molar-refractivity contribution in [2.45, 2.75) is 78.1 Å². The number of hydrogen-bond acceptors (Lipinski definition) is 3. The molecule has 0 aliphatic carbocycles. The van der Waals surface area contributed by atoms with E-state index in [-0.39, 0.29) is 0 Å². The van der Waals surface area contributed by atoms with Crippen LogP contribution in [0.4, 0.5) is 0 Å². The quantitative estimate of drug-likeness (QED) is 0.449. The van der Waals surface area contributed by atoms with E-state index in [2.05, 4.69) is 13.8 Å². The highest BCUT2D eigenvalue weighted by Crippen LogP contribution is 2.09. The third-order valence-corrected chi connectivity index (χ3v) is 3.50. The molecular formula is C14H32O4S. The Morgan fingerprint density at radius 3 is 1.21 bits per heavy atom. The van der Waals surface area contributed by atoms with Crippen molar-refractivity contribution in [2.24, 2.45) is 0 Å². The summed E-state index contributed by atoms with van der Waals surface area (Å²) >= 11 is 0.